The van der Waals surface area contributed by atoms with Gasteiger partial charge in [0, 0.05) is 30.5 Å². The monoisotopic (exact) mass is 554 g/mol. The van der Waals surface area contributed by atoms with Gasteiger partial charge in [-0.1, -0.05) is 29.3 Å². The number of ether oxygens (including phenoxy) is 1. The van der Waals surface area contributed by atoms with Crippen LogP contribution in [0.4, 0.5) is 5.69 Å². The lowest BCUT2D eigenvalue weighted by molar-refractivity contribution is 0.0989. The molecule has 4 heterocycles. The fraction of sp³-hybridized carbons (Fsp3) is 0.269. The summed E-state index contributed by atoms with van der Waals surface area (Å²) in [5.41, 5.74) is 1.67. The van der Waals surface area contributed by atoms with Gasteiger partial charge in [0.05, 0.1) is 17.8 Å². The number of amides is 1. The quantitative estimate of drug-likeness (QED) is 0.393. The van der Waals surface area contributed by atoms with Gasteiger partial charge in [0.15, 0.2) is 5.69 Å². The third-order valence-electron chi connectivity index (χ3n) is 6.53. The molecule has 0 saturated carbocycles. The minimum Gasteiger partial charge on any atom is -0.468 e. The van der Waals surface area contributed by atoms with Crippen molar-refractivity contribution in [2.24, 2.45) is 7.05 Å². The summed E-state index contributed by atoms with van der Waals surface area (Å²) in [7, 11) is 2.97. The Hall–Kier alpha value is -3.89. The minimum atomic E-state index is -0.741. The molecule has 1 aliphatic rings. The molecule has 1 unspecified atom stereocenters. The second kappa shape index (κ2) is 9.45. The number of nitrogens with zero attached hydrogens (tertiary/aromatic N) is 5. The number of carbonyl (C=O) groups is 1. The number of aromatic amines is 1. The number of nitrogens with one attached hydrogen (secondary N) is 1. The summed E-state index contributed by atoms with van der Waals surface area (Å²) in [6, 6.07) is 5.93. The number of rotatable bonds is 5. The number of fused-ring (bicyclic) bond motifs is 1. The second-order valence-electron chi connectivity index (χ2n) is 9.31. The molecule has 1 N–H and O–H groups in total. The highest BCUT2D eigenvalue weighted by Gasteiger charge is 2.46. The van der Waals surface area contributed by atoms with Crippen LogP contribution in [0, 0.1) is 6.92 Å². The summed E-state index contributed by atoms with van der Waals surface area (Å²) >= 11 is 12.6. The molecule has 1 amide bonds. The van der Waals surface area contributed by atoms with Crippen molar-refractivity contribution in [1.29, 1.82) is 0 Å². The average Bonchev–Trinajstić information content (AvgIpc) is 3.36. The predicted octanol–water partition coefficient (Wildman–Crippen LogP) is 4.29. The van der Waals surface area contributed by atoms with Crippen LogP contribution in [0.2, 0.25) is 10.0 Å². The molecule has 0 bridgehead atoms. The van der Waals surface area contributed by atoms with Crippen molar-refractivity contribution in [1.82, 2.24) is 24.1 Å². The summed E-state index contributed by atoms with van der Waals surface area (Å²) in [4.78, 5) is 53.0. The topological polar surface area (TPSA) is 115 Å². The number of benzene rings is 1. The number of aryl methyl sites for hydroxylation is 2. The van der Waals surface area contributed by atoms with Gasteiger partial charge in [-0.2, -0.15) is 0 Å². The first kappa shape index (κ1) is 25.7. The van der Waals surface area contributed by atoms with E-state index >= 15 is 0 Å². The molecule has 4 aromatic rings. The van der Waals surface area contributed by atoms with Crippen molar-refractivity contribution in [2.75, 3.05) is 12.0 Å². The molecule has 38 heavy (non-hydrogen) atoms. The van der Waals surface area contributed by atoms with Crippen LogP contribution < -0.4 is 20.8 Å². The molecule has 5 rings (SSSR count). The first-order chi connectivity index (χ1) is 18.0. The zero-order chi connectivity index (χ0) is 27.5. The van der Waals surface area contributed by atoms with Crippen molar-refractivity contribution in [3.63, 3.8) is 0 Å². The van der Waals surface area contributed by atoms with Gasteiger partial charge in [0.1, 0.15) is 23.1 Å². The Labute approximate surface area is 227 Å². The molecule has 196 valence electrons. The Bertz CT molecular complexity index is 1720. The first-order valence-corrected chi connectivity index (χ1v) is 12.5. The predicted molar refractivity (Wildman–Crippen MR) is 145 cm³/mol. The molecule has 0 saturated heterocycles. The zero-order valence-corrected chi connectivity index (χ0v) is 22.8. The summed E-state index contributed by atoms with van der Waals surface area (Å²) in [5.74, 6) is -0.206. The molecule has 0 fully saturated rings. The Balaban J connectivity index is 1.84. The second-order valence-corrected chi connectivity index (χ2v) is 10.2. The highest BCUT2D eigenvalue weighted by atomic mass is 35.5. The van der Waals surface area contributed by atoms with Crippen LogP contribution in [0.1, 0.15) is 53.2 Å². The lowest BCUT2D eigenvalue weighted by atomic mass is 9.98. The van der Waals surface area contributed by atoms with E-state index < -0.39 is 23.1 Å². The normalized spacial score (nSPS) is 14.9. The number of H-pyrrole nitrogens is 1. The van der Waals surface area contributed by atoms with Crippen LogP contribution in [0.5, 0.6) is 6.01 Å². The van der Waals surface area contributed by atoms with Crippen molar-refractivity contribution < 1.29 is 9.53 Å². The smallest absolute Gasteiger partial charge is 0.296 e. The van der Waals surface area contributed by atoms with Gasteiger partial charge < -0.3 is 13.9 Å². The van der Waals surface area contributed by atoms with Gasteiger partial charge in [-0.05, 0) is 50.1 Å². The van der Waals surface area contributed by atoms with Crippen molar-refractivity contribution >= 4 is 34.8 Å². The SMILES string of the molecule is COc1ncc(-c2nc3c(n2C(C)C)C(c2ccc(Cl)cc2C)N(c2cc(Cl)cn(C)c2=O)C3=O)c(=O)[nH]1. The molecule has 1 atom stereocenters. The Morgan fingerprint density at radius 3 is 2.47 bits per heavy atom. The van der Waals surface area contributed by atoms with Crippen LogP contribution in [0.15, 0.2) is 46.2 Å². The summed E-state index contributed by atoms with van der Waals surface area (Å²) < 4.78 is 8.19. The number of methoxy groups -OCH3 is 1. The van der Waals surface area contributed by atoms with E-state index in [9.17, 15) is 14.4 Å². The van der Waals surface area contributed by atoms with Gasteiger partial charge >= 0.3 is 0 Å². The molecule has 12 heteroatoms. The van der Waals surface area contributed by atoms with Crippen LogP contribution in [-0.2, 0) is 7.05 Å². The van der Waals surface area contributed by atoms with E-state index in [1.54, 1.807) is 19.2 Å². The molecule has 10 nitrogen and oxygen atoms in total. The van der Waals surface area contributed by atoms with Gasteiger partial charge in [0.25, 0.3) is 23.0 Å². The van der Waals surface area contributed by atoms with Crippen molar-refractivity contribution in [3.05, 3.63) is 89.9 Å². The van der Waals surface area contributed by atoms with E-state index in [1.165, 1.54) is 35.0 Å². The summed E-state index contributed by atoms with van der Waals surface area (Å²) in [5, 5.41) is 0.837. The maximum Gasteiger partial charge on any atom is 0.296 e. The first-order valence-electron chi connectivity index (χ1n) is 11.7. The Morgan fingerprint density at radius 2 is 1.84 bits per heavy atom. The van der Waals surface area contributed by atoms with Crippen molar-refractivity contribution in [2.45, 2.75) is 32.9 Å². The van der Waals surface area contributed by atoms with Crippen LogP contribution in [0.25, 0.3) is 11.4 Å². The molecular weight excluding hydrogens is 531 g/mol. The van der Waals surface area contributed by atoms with E-state index in [4.69, 9.17) is 27.9 Å². The summed E-state index contributed by atoms with van der Waals surface area (Å²) in [6.45, 7) is 5.73. The fourth-order valence-corrected chi connectivity index (χ4v) is 5.36. The number of hydrogen-bond acceptors (Lipinski definition) is 6. The molecule has 3 aromatic heterocycles. The van der Waals surface area contributed by atoms with E-state index in [0.717, 1.165) is 11.1 Å². The van der Waals surface area contributed by atoms with Crippen LogP contribution in [-0.4, -0.2) is 37.1 Å². The Morgan fingerprint density at radius 1 is 1.11 bits per heavy atom. The molecular formula is C26H24Cl2N6O4. The van der Waals surface area contributed by atoms with E-state index in [-0.39, 0.29) is 34.8 Å². The number of hydrogen-bond donors (Lipinski definition) is 1. The van der Waals surface area contributed by atoms with Crippen molar-refractivity contribution in [3.8, 4) is 17.4 Å². The third kappa shape index (κ3) is 4.00. The van der Waals surface area contributed by atoms with E-state index in [1.807, 2.05) is 31.4 Å². The van der Waals surface area contributed by atoms with Crippen LogP contribution >= 0.6 is 23.2 Å². The highest BCUT2D eigenvalue weighted by molar-refractivity contribution is 6.31. The maximum atomic E-state index is 14.1. The average molecular weight is 555 g/mol. The summed E-state index contributed by atoms with van der Waals surface area (Å²) in [6.07, 6.45) is 2.85. The van der Waals surface area contributed by atoms with E-state index in [2.05, 4.69) is 15.0 Å². The molecule has 0 spiro atoms. The molecule has 0 radical (unpaired) electrons. The highest BCUT2D eigenvalue weighted by Crippen LogP contribution is 2.44. The number of pyridine rings is 1. The van der Waals surface area contributed by atoms with E-state index in [0.29, 0.717) is 15.7 Å². The zero-order valence-electron chi connectivity index (χ0n) is 21.2. The van der Waals surface area contributed by atoms with Gasteiger partial charge in [0.2, 0.25) is 0 Å². The molecule has 0 aliphatic carbocycles. The lowest BCUT2D eigenvalue weighted by Gasteiger charge is -2.29. The minimum absolute atomic E-state index is 0.0580. The number of halogens is 2. The van der Waals surface area contributed by atoms with Crippen LogP contribution in [0.3, 0.4) is 0 Å². The van der Waals surface area contributed by atoms with Gasteiger partial charge in [-0.15, -0.1) is 0 Å². The standard InChI is InChI=1S/C26H24Cl2N6O4/c1-12(2)33-21-19(30-22(33)17-10-29-26(38-5)31-23(17)35)25(37)34(18-9-15(28)11-32(4)24(18)36)20(21)16-7-6-14(27)8-13(16)3/h6-12,20H,1-5H3,(H,29,31,35). The fourth-order valence-electron chi connectivity index (χ4n) is 4.88. The number of imidazole rings is 1. The maximum absolute atomic E-state index is 14.1. The molecule has 1 aromatic carbocycles. The van der Waals surface area contributed by atoms with Gasteiger partial charge in [-0.3, -0.25) is 24.3 Å². The Kier molecular flexibility index (Phi) is 6.40. The lowest BCUT2D eigenvalue weighted by Crippen LogP contribution is -2.36. The molecule has 1 aliphatic heterocycles. The number of anilines is 1. The number of carbonyl (C=O) groups excluding carboxylic acids is 1. The third-order valence-corrected chi connectivity index (χ3v) is 6.97. The largest absolute Gasteiger partial charge is 0.468 e. The number of aromatic nitrogens is 5. The van der Waals surface area contributed by atoms with Gasteiger partial charge in [-0.25, -0.2) is 9.97 Å².